The molecule has 3 aromatic rings. The number of amides is 2. The van der Waals surface area contributed by atoms with Crippen molar-refractivity contribution in [2.75, 3.05) is 11.7 Å². The summed E-state index contributed by atoms with van der Waals surface area (Å²) in [6.07, 6.45) is 0. The number of carbonyl (C=O) groups is 2. The largest absolute Gasteiger partial charge is 0.457 e. The highest BCUT2D eigenvalue weighted by molar-refractivity contribution is 6.34. The molecule has 0 N–H and O–H groups in total. The minimum absolute atomic E-state index is 0.202. The number of imide groups is 1. The molecule has 2 aliphatic rings. The fourth-order valence-corrected chi connectivity index (χ4v) is 3.16. The number of rotatable bonds is 3. The summed E-state index contributed by atoms with van der Waals surface area (Å²) in [4.78, 5) is 26.3. The molecule has 0 aromatic heterocycles. The van der Waals surface area contributed by atoms with Crippen molar-refractivity contribution in [3.8, 4) is 23.0 Å². The summed E-state index contributed by atoms with van der Waals surface area (Å²) in [5.74, 6) is 1.86. The van der Waals surface area contributed by atoms with Gasteiger partial charge in [-0.05, 0) is 48.5 Å². The number of hydrogen-bond acceptors (Lipinski definition) is 5. The number of carbonyl (C=O) groups excluding carboxylic acids is 2. The summed E-state index contributed by atoms with van der Waals surface area (Å²) in [5.41, 5.74) is 1.34. The summed E-state index contributed by atoms with van der Waals surface area (Å²) in [6, 6.07) is 18.9. The van der Waals surface area contributed by atoms with Gasteiger partial charge in [0, 0.05) is 6.07 Å². The van der Waals surface area contributed by atoms with Crippen LogP contribution in [-0.4, -0.2) is 18.6 Å². The van der Waals surface area contributed by atoms with Crippen molar-refractivity contribution in [2.24, 2.45) is 0 Å². The molecule has 5 rings (SSSR count). The molecule has 6 nitrogen and oxygen atoms in total. The molecular formula is C21H13NO5. The average molecular weight is 359 g/mol. The first-order valence-corrected chi connectivity index (χ1v) is 8.36. The normalized spacial score (nSPS) is 14.4. The van der Waals surface area contributed by atoms with Crippen LogP contribution < -0.4 is 19.1 Å². The van der Waals surface area contributed by atoms with Gasteiger partial charge in [0.15, 0.2) is 11.5 Å². The van der Waals surface area contributed by atoms with E-state index in [1.54, 1.807) is 66.7 Å². The molecule has 0 radical (unpaired) electrons. The molecule has 2 heterocycles. The van der Waals surface area contributed by atoms with Crippen LogP contribution in [0.4, 0.5) is 5.69 Å². The number of anilines is 1. The van der Waals surface area contributed by atoms with Crippen molar-refractivity contribution >= 4 is 17.5 Å². The molecule has 2 aliphatic heterocycles. The van der Waals surface area contributed by atoms with Crippen LogP contribution >= 0.6 is 0 Å². The Hall–Kier alpha value is -3.80. The lowest BCUT2D eigenvalue weighted by atomic mass is 10.1. The maximum Gasteiger partial charge on any atom is 0.266 e. The summed E-state index contributed by atoms with van der Waals surface area (Å²) in [6.45, 7) is 0.202. The van der Waals surface area contributed by atoms with Gasteiger partial charge in [-0.15, -0.1) is 0 Å². The van der Waals surface area contributed by atoms with E-state index in [4.69, 9.17) is 14.2 Å². The molecule has 0 bridgehead atoms. The van der Waals surface area contributed by atoms with Gasteiger partial charge >= 0.3 is 0 Å². The first-order valence-electron chi connectivity index (χ1n) is 8.36. The van der Waals surface area contributed by atoms with Crippen molar-refractivity contribution in [3.63, 3.8) is 0 Å². The van der Waals surface area contributed by atoms with E-state index in [-0.39, 0.29) is 18.6 Å². The summed E-state index contributed by atoms with van der Waals surface area (Å²) in [5, 5.41) is 0. The van der Waals surface area contributed by atoms with E-state index in [1.165, 1.54) is 4.90 Å². The predicted octanol–water partition coefficient (Wildman–Crippen LogP) is 4.01. The van der Waals surface area contributed by atoms with Crippen LogP contribution in [0.3, 0.4) is 0 Å². The Labute approximate surface area is 154 Å². The number of hydrogen-bond donors (Lipinski definition) is 0. The lowest BCUT2D eigenvalue weighted by Crippen LogP contribution is -2.29. The SMILES string of the molecule is O=C1c2ccccc2C(=O)N1c1ccc(Oc2ccc3c(c2)OCO3)cc1. The van der Waals surface area contributed by atoms with Gasteiger partial charge in [0.1, 0.15) is 11.5 Å². The van der Waals surface area contributed by atoms with Gasteiger partial charge in [-0.2, -0.15) is 0 Å². The minimum Gasteiger partial charge on any atom is -0.457 e. The predicted molar refractivity (Wildman–Crippen MR) is 96.7 cm³/mol. The first kappa shape index (κ1) is 15.5. The summed E-state index contributed by atoms with van der Waals surface area (Å²) >= 11 is 0. The van der Waals surface area contributed by atoms with Crippen LogP contribution in [0.2, 0.25) is 0 Å². The molecule has 0 unspecified atom stereocenters. The van der Waals surface area contributed by atoms with Crippen LogP contribution in [0.25, 0.3) is 0 Å². The van der Waals surface area contributed by atoms with Gasteiger partial charge in [0.25, 0.3) is 11.8 Å². The molecule has 0 aliphatic carbocycles. The quantitative estimate of drug-likeness (QED) is 0.661. The van der Waals surface area contributed by atoms with Crippen LogP contribution in [0.15, 0.2) is 66.7 Å². The fraction of sp³-hybridized carbons (Fsp3) is 0.0476. The standard InChI is InChI=1S/C21H13NO5/c23-20-16-3-1-2-4-17(16)21(24)22(20)13-5-7-14(8-6-13)27-15-9-10-18-19(11-15)26-12-25-18/h1-11H,12H2. The Kier molecular flexibility index (Phi) is 3.36. The molecule has 132 valence electrons. The van der Waals surface area contributed by atoms with E-state index in [0.29, 0.717) is 39.8 Å². The molecule has 0 atom stereocenters. The highest BCUT2D eigenvalue weighted by Crippen LogP contribution is 2.37. The number of fused-ring (bicyclic) bond motifs is 2. The van der Waals surface area contributed by atoms with Crippen molar-refractivity contribution < 1.29 is 23.8 Å². The lowest BCUT2D eigenvalue weighted by Gasteiger charge is -2.14. The fourth-order valence-electron chi connectivity index (χ4n) is 3.16. The van der Waals surface area contributed by atoms with E-state index in [2.05, 4.69) is 0 Å². The average Bonchev–Trinajstić information content (AvgIpc) is 3.26. The van der Waals surface area contributed by atoms with Crippen molar-refractivity contribution in [1.29, 1.82) is 0 Å². The zero-order chi connectivity index (χ0) is 18.4. The number of nitrogens with zero attached hydrogens (tertiary/aromatic N) is 1. The second-order valence-corrected chi connectivity index (χ2v) is 6.10. The molecule has 2 amide bonds. The van der Waals surface area contributed by atoms with Gasteiger partial charge in [0.05, 0.1) is 16.8 Å². The molecule has 6 heteroatoms. The third-order valence-electron chi connectivity index (χ3n) is 4.47. The third kappa shape index (κ3) is 2.50. The second kappa shape index (κ2) is 5.88. The van der Waals surface area contributed by atoms with Gasteiger partial charge in [-0.25, -0.2) is 4.90 Å². The summed E-state index contributed by atoms with van der Waals surface area (Å²) in [7, 11) is 0. The van der Waals surface area contributed by atoms with Crippen LogP contribution in [0.1, 0.15) is 20.7 Å². The van der Waals surface area contributed by atoms with Gasteiger partial charge in [0.2, 0.25) is 6.79 Å². The van der Waals surface area contributed by atoms with Crippen molar-refractivity contribution in [1.82, 2.24) is 0 Å². The Bertz CT molecular complexity index is 1040. The molecule has 0 spiro atoms. The highest BCUT2D eigenvalue weighted by Gasteiger charge is 2.36. The zero-order valence-electron chi connectivity index (χ0n) is 14.0. The summed E-state index contributed by atoms with van der Waals surface area (Å²) < 4.78 is 16.4. The van der Waals surface area contributed by atoms with E-state index in [1.807, 2.05) is 0 Å². The third-order valence-corrected chi connectivity index (χ3v) is 4.47. The van der Waals surface area contributed by atoms with E-state index < -0.39 is 0 Å². The number of ether oxygens (including phenoxy) is 3. The molecule has 0 saturated heterocycles. The van der Waals surface area contributed by atoms with E-state index in [9.17, 15) is 9.59 Å². The van der Waals surface area contributed by atoms with Gasteiger partial charge in [-0.1, -0.05) is 12.1 Å². The van der Waals surface area contributed by atoms with Crippen molar-refractivity contribution in [3.05, 3.63) is 77.9 Å². The Morgan fingerprint density at radius 2 is 1.37 bits per heavy atom. The van der Waals surface area contributed by atoms with E-state index in [0.717, 1.165) is 0 Å². The van der Waals surface area contributed by atoms with Crippen LogP contribution in [-0.2, 0) is 0 Å². The van der Waals surface area contributed by atoms with Gasteiger partial charge < -0.3 is 14.2 Å². The monoisotopic (exact) mass is 359 g/mol. The second-order valence-electron chi connectivity index (χ2n) is 6.10. The maximum absolute atomic E-state index is 12.5. The highest BCUT2D eigenvalue weighted by atomic mass is 16.7. The zero-order valence-corrected chi connectivity index (χ0v) is 14.0. The molecule has 27 heavy (non-hydrogen) atoms. The maximum atomic E-state index is 12.5. The lowest BCUT2D eigenvalue weighted by molar-refractivity contribution is 0.0926. The van der Waals surface area contributed by atoms with Crippen LogP contribution in [0, 0.1) is 0 Å². The molecular weight excluding hydrogens is 346 g/mol. The van der Waals surface area contributed by atoms with Crippen LogP contribution in [0.5, 0.6) is 23.0 Å². The smallest absolute Gasteiger partial charge is 0.266 e. The molecule has 3 aromatic carbocycles. The molecule has 0 saturated carbocycles. The Morgan fingerprint density at radius 3 is 2.07 bits per heavy atom. The Balaban J connectivity index is 1.38. The Morgan fingerprint density at radius 1 is 0.741 bits per heavy atom. The van der Waals surface area contributed by atoms with Gasteiger partial charge in [-0.3, -0.25) is 9.59 Å². The van der Waals surface area contributed by atoms with Crippen molar-refractivity contribution in [2.45, 2.75) is 0 Å². The molecule has 0 fully saturated rings. The minimum atomic E-state index is -0.319. The first-order chi connectivity index (χ1) is 13.2. The van der Waals surface area contributed by atoms with E-state index >= 15 is 0 Å². The topological polar surface area (TPSA) is 65.1 Å². The number of benzene rings is 3.